The van der Waals surface area contributed by atoms with E-state index in [9.17, 15) is 20.0 Å². The molecule has 8 nitrogen and oxygen atoms in total. The highest BCUT2D eigenvalue weighted by Gasteiger charge is 2.14. The van der Waals surface area contributed by atoms with Gasteiger partial charge in [-0.05, 0) is 36.4 Å². The van der Waals surface area contributed by atoms with E-state index in [1.54, 1.807) is 18.2 Å². The van der Waals surface area contributed by atoms with Crippen molar-refractivity contribution in [2.24, 2.45) is 5.10 Å². The van der Waals surface area contributed by atoms with E-state index in [2.05, 4.69) is 26.5 Å². The predicted molar refractivity (Wildman–Crippen MR) is 107 cm³/mol. The first-order chi connectivity index (χ1) is 13.3. The Hall–Kier alpha value is -3.17. The molecule has 0 spiro atoms. The Morgan fingerprint density at radius 3 is 2.75 bits per heavy atom. The third kappa shape index (κ3) is 4.38. The molecule has 0 radical (unpaired) electrons. The predicted octanol–water partition coefficient (Wildman–Crippen LogP) is 4.74. The van der Waals surface area contributed by atoms with E-state index in [0.29, 0.717) is 21.6 Å². The van der Waals surface area contributed by atoms with Gasteiger partial charge in [-0.15, -0.1) is 0 Å². The van der Waals surface area contributed by atoms with Crippen LogP contribution in [0.25, 0.3) is 11.3 Å². The summed E-state index contributed by atoms with van der Waals surface area (Å²) in [6.45, 7) is 0. The molecule has 3 aromatic rings. The highest BCUT2D eigenvalue weighted by Crippen LogP contribution is 2.32. The van der Waals surface area contributed by atoms with Crippen LogP contribution in [0.2, 0.25) is 5.02 Å². The largest absolute Gasteiger partial charge is 0.507 e. The molecule has 1 amide bonds. The summed E-state index contributed by atoms with van der Waals surface area (Å²) >= 11 is 9.30. The Labute approximate surface area is 171 Å². The molecule has 142 valence electrons. The average molecular weight is 465 g/mol. The Morgan fingerprint density at radius 2 is 2.04 bits per heavy atom. The van der Waals surface area contributed by atoms with Crippen molar-refractivity contribution in [3.63, 3.8) is 0 Å². The number of hydrogen-bond donors (Lipinski definition) is 2. The molecule has 0 aliphatic rings. The van der Waals surface area contributed by atoms with E-state index in [1.165, 1.54) is 36.5 Å². The summed E-state index contributed by atoms with van der Waals surface area (Å²) in [4.78, 5) is 22.3. The number of nitrogens with zero attached hydrogens (tertiary/aromatic N) is 2. The topological polar surface area (TPSA) is 118 Å². The number of aromatic hydroxyl groups is 1. The zero-order chi connectivity index (χ0) is 20.3. The van der Waals surface area contributed by atoms with Crippen LogP contribution in [0.5, 0.6) is 5.75 Å². The number of nitro groups is 1. The smallest absolute Gasteiger partial charge is 0.275 e. The summed E-state index contributed by atoms with van der Waals surface area (Å²) in [7, 11) is 0. The van der Waals surface area contributed by atoms with E-state index in [1.807, 2.05) is 0 Å². The fourth-order valence-corrected chi connectivity index (χ4v) is 2.92. The van der Waals surface area contributed by atoms with E-state index in [0.717, 1.165) is 0 Å². The molecular formula is C18H11BrClN3O5. The number of phenolic OH excluding ortho intramolecular Hbond substituents is 1. The van der Waals surface area contributed by atoms with Gasteiger partial charge < -0.3 is 9.52 Å². The molecule has 0 aliphatic heterocycles. The number of hydrazone groups is 1. The van der Waals surface area contributed by atoms with E-state index >= 15 is 0 Å². The van der Waals surface area contributed by atoms with Crippen molar-refractivity contribution in [3.8, 4) is 17.1 Å². The molecule has 0 fully saturated rings. The molecule has 2 aromatic carbocycles. The average Bonchev–Trinajstić information content (AvgIpc) is 3.12. The summed E-state index contributed by atoms with van der Waals surface area (Å²) in [5, 5.41) is 24.5. The van der Waals surface area contributed by atoms with Crippen molar-refractivity contribution < 1.29 is 19.2 Å². The maximum Gasteiger partial charge on any atom is 0.275 e. The quantitative estimate of drug-likeness (QED) is 0.321. The number of benzene rings is 2. The molecule has 10 heteroatoms. The van der Waals surface area contributed by atoms with Gasteiger partial charge in [0, 0.05) is 22.2 Å². The Bertz CT molecular complexity index is 1100. The van der Waals surface area contributed by atoms with Crippen LogP contribution >= 0.6 is 27.5 Å². The lowest BCUT2D eigenvalue weighted by molar-refractivity contribution is -0.384. The molecule has 0 aliphatic carbocycles. The number of halogens is 2. The van der Waals surface area contributed by atoms with E-state index in [-0.39, 0.29) is 22.0 Å². The first kappa shape index (κ1) is 19.6. The Kier molecular flexibility index (Phi) is 5.76. The van der Waals surface area contributed by atoms with Crippen LogP contribution in [0.3, 0.4) is 0 Å². The highest BCUT2D eigenvalue weighted by atomic mass is 79.9. The zero-order valence-corrected chi connectivity index (χ0v) is 16.3. The molecular weight excluding hydrogens is 454 g/mol. The number of phenols is 1. The standard InChI is InChI=1S/C18H11BrClN3O5/c19-10-1-5-16(24)14(7-10)18(25)22-21-9-12-3-6-17(28-12)13-4-2-11(23(26)27)8-15(13)20/h1-9,24H,(H,22,25)/b21-9-. The number of amides is 1. The normalized spacial score (nSPS) is 10.9. The molecule has 2 N–H and O–H groups in total. The van der Waals surface area contributed by atoms with Gasteiger partial charge in [-0.2, -0.15) is 5.10 Å². The minimum atomic E-state index is -0.597. The van der Waals surface area contributed by atoms with Crippen molar-refractivity contribution in [1.82, 2.24) is 5.43 Å². The minimum Gasteiger partial charge on any atom is -0.507 e. The van der Waals surface area contributed by atoms with Crippen LogP contribution in [0.4, 0.5) is 5.69 Å². The number of carbonyl (C=O) groups is 1. The summed E-state index contributed by atoms with van der Waals surface area (Å²) in [6, 6.07) is 11.7. The van der Waals surface area contributed by atoms with Gasteiger partial charge in [0.2, 0.25) is 0 Å². The van der Waals surface area contributed by atoms with Crippen molar-refractivity contribution in [2.45, 2.75) is 0 Å². The number of furan rings is 1. The highest BCUT2D eigenvalue weighted by molar-refractivity contribution is 9.10. The summed E-state index contributed by atoms with van der Waals surface area (Å²) in [5.41, 5.74) is 2.70. The third-order valence-electron chi connectivity index (χ3n) is 3.62. The van der Waals surface area contributed by atoms with Gasteiger partial charge in [-0.1, -0.05) is 27.5 Å². The van der Waals surface area contributed by atoms with Crippen LogP contribution < -0.4 is 5.43 Å². The number of nitrogens with one attached hydrogen (secondary N) is 1. The zero-order valence-electron chi connectivity index (χ0n) is 13.9. The summed E-state index contributed by atoms with van der Waals surface area (Å²) < 4.78 is 6.20. The van der Waals surface area contributed by atoms with E-state index < -0.39 is 10.8 Å². The van der Waals surface area contributed by atoms with Gasteiger partial charge in [0.25, 0.3) is 11.6 Å². The molecule has 28 heavy (non-hydrogen) atoms. The second-order valence-corrected chi connectivity index (χ2v) is 6.81. The molecule has 0 saturated carbocycles. The van der Waals surface area contributed by atoms with Gasteiger partial charge in [0.05, 0.1) is 21.7 Å². The lowest BCUT2D eigenvalue weighted by Gasteiger charge is -2.03. The van der Waals surface area contributed by atoms with Crippen molar-refractivity contribution in [2.75, 3.05) is 0 Å². The number of carbonyl (C=O) groups excluding carboxylic acids is 1. The van der Waals surface area contributed by atoms with Crippen molar-refractivity contribution in [3.05, 3.63) is 79.5 Å². The summed E-state index contributed by atoms with van der Waals surface area (Å²) in [6.07, 6.45) is 1.27. The van der Waals surface area contributed by atoms with Gasteiger partial charge in [-0.3, -0.25) is 14.9 Å². The number of hydrogen-bond acceptors (Lipinski definition) is 6. The fraction of sp³-hybridized carbons (Fsp3) is 0. The maximum absolute atomic E-state index is 12.1. The fourth-order valence-electron chi connectivity index (χ4n) is 2.29. The van der Waals surface area contributed by atoms with Gasteiger partial charge in [0.1, 0.15) is 17.3 Å². The molecule has 1 aromatic heterocycles. The molecule has 0 unspecified atom stereocenters. The minimum absolute atomic E-state index is 0.0596. The summed E-state index contributed by atoms with van der Waals surface area (Å²) in [5.74, 6) is -0.0651. The lowest BCUT2D eigenvalue weighted by Crippen LogP contribution is -2.17. The first-order valence-electron chi connectivity index (χ1n) is 7.71. The van der Waals surface area contributed by atoms with Crippen molar-refractivity contribution in [1.29, 1.82) is 0 Å². The van der Waals surface area contributed by atoms with Crippen LogP contribution in [-0.4, -0.2) is 22.2 Å². The maximum atomic E-state index is 12.1. The lowest BCUT2D eigenvalue weighted by atomic mass is 10.1. The molecule has 1 heterocycles. The Morgan fingerprint density at radius 1 is 1.25 bits per heavy atom. The molecule has 0 atom stereocenters. The van der Waals surface area contributed by atoms with Crippen LogP contribution in [0.15, 0.2) is 62.5 Å². The first-order valence-corrected chi connectivity index (χ1v) is 8.88. The number of nitro benzene ring substituents is 1. The molecule has 0 bridgehead atoms. The number of rotatable bonds is 5. The van der Waals surface area contributed by atoms with Gasteiger partial charge >= 0.3 is 0 Å². The van der Waals surface area contributed by atoms with Crippen LogP contribution in [0, 0.1) is 10.1 Å². The number of non-ortho nitro benzene ring substituents is 1. The second kappa shape index (κ2) is 8.24. The third-order valence-corrected chi connectivity index (χ3v) is 4.42. The van der Waals surface area contributed by atoms with Gasteiger partial charge in [-0.25, -0.2) is 5.43 Å². The van der Waals surface area contributed by atoms with Gasteiger partial charge in [0.15, 0.2) is 0 Å². The van der Waals surface area contributed by atoms with E-state index in [4.69, 9.17) is 16.0 Å². The molecule has 0 saturated heterocycles. The van der Waals surface area contributed by atoms with Crippen LogP contribution in [-0.2, 0) is 0 Å². The van der Waals surface area contributed by atoms with Crippen molar-refractivity contribution >= 4 is 45.3 Å². The Balaban J connectivity index is 1.72. The molecule has 3 rings (SSSR count). The second-order valence-electron chi connectivity index (χ2n) is 5.48. The SMILES string of the molecule is O=C(N/N=C\c1ccc(-c2ccc([N+](=O)[O-])cc2Cl)o1)c1cc(Br)ccc1O. The van der Waals surface area contributed by atoms with Crippen LogP contribution in [0.1, 0.15) is 16.1 Å². The monoisotopic (exact) mass is 463 g/mol.